The van der Waals surface area contributed by atoms with Gasteiger partial charge in [0, 0.05) is 17.1 Å². The van der Waals surface area contributed by atoms with E-state index in [9.17, 15) is 9.59 Å². The Morgan fingerprint density at radius 1 is 1.43 bits per heavy atom. The summed E-state index contributed by atoms with van der Waals surface area (Å²) in [4.78, 5) is 29.9. The van der Waals surface area contributed by atoms with Crippen molar-refractivity contribution < 1.29 is 14.0 Å². The van der Waals surface area contributed by atoms with Crippen molar-refractivity contribution in [3.8, 4) is 11.3 Å². The summed E-state index contributed by atoms with van der Waals surface area (Å²) in [6.45, 7) is 0. The lowest BCUT2D eigenvalue weighted by Crippen LogP contribution is -2.10. The minimum Gasteiger partial charge on any atom is -0.459 e. The third-order valence-corrected chi connectivity index (χ3v) is 3.47. The standard InChI is InChI=1S/C13H10N4O3S/c14-11(18)8-4-7(5-15-8)9-6-21-13(16-9)17-12(19)10-2-1-3-20-10/h1-6,15H,(H2,14,18)(H,16,17,19). The summed E-state index contributed by atoms with van der Waals surface area (Å²) in [6, 6.07) is 4.80. The summed E-state index contributed by atoms with van der Waals surface area (Å²) in [6.07, 6.45) is 3.06. The van der Waals surface area contributed by atoms with Crippen LogP contribution in [-0.2, 0) is 0 Å². The third-order valence-electron chi connectivity index (χ3n) is 2.71. The highest BCUT2D eigenvalue weighted by molar-refractivity contribution is 7.14. The second-order valence-corrected chi connectivity index (χ2v) is 4.99. The quantitative estimate of drug-likeness (QED) is 0.684. The molecule has 106 valence electrons. The lowest BCUT2D eigenvalue weighted by Gasteiger charge is -1.96. The Labute approximate surface area is 122 Å². The molecule has 0 aliphatic heterocycles. The number of amides is 2. The number of hydrogen-bond donors (Lipinski definition) is 3. The van der Waals surface area contributed by atoms with Crippen LogP contribution in [-0.4, -0.2) is 21.8 Å². The highest BCUT2D eigenvalue weighted by Crippen LogP contribution is 2.25. The number of hydrogen-bond acceptors (Lipinski definition) is 5. The van der Waals surface area contributed by atoms with E-state index in [1.807, 2.05) is 0 Å². The number of thiazole rings is 1. The van der Waals surface area contributed by atoms with Gasteiger partial charge in [-0.3, -0.25) is 14.9 Å². The molecule has 3 aromatic rings. The molecule has 0 unspecified atom stereocenters. The van der Waals surface area contributed by atoms with Crippen LogP contribution in [0, 0.1) is 0 Å². The number of nitrogens with zero attached hydrogens (tertiary/aromatic N) is 1. The molecule has 0 atom stereocenters. The van der Waals surface area contributed by atoms with Gasteiger partial charge in [0.25, 0.3) is 11.8 Å². The summed E-state index contributed by atoms with van der Waals surface area (Å²) in [5, 5.41) is 4.84. The lowest BCUT2D eigenvalue weighted by atomic mass is 10.2. The molecular weight excluding hydrogens is 292 g/mol. The maximum Gasteiger partial charge on any atom is 0.293 e. The van der Waals surface area contributed by atoms with Crippen LogP contribution in [0.25, 0.3) is 11.3 Å². The summed E-state index contributed by atoms with van der Waals surface area (Å²) in [5.41, 5.74) is 6.84. The van der Waals surface area contributed by atoms with Crippen molar-refractivity contribution in [3.05, 3.63) is 47.5 Å². The fourth-order valence-corrected chi connectivity index (χ4v) is 2.43. The van der Waals surface area contributed by atoms with Gasteiger partial charge in [0.2, 0.25) is 0 Å². The van der Waals surface area contributed by atoms with Gasteiger partial charge in [0.05, 0.1) is 12.0 Å². The first-order chi connectivity index (χ1) is 10.1. The number of H-pyrrole nitrogens is 1. The first-order valence-corrected chi connectivity index (χ1v) is 6.80. The minimum absolute atomic E-state index is 0.212. The molecule has 3 aromatic heterocycles. The topological polar surface area (TPSA) is 114 Å². The van der Waals surface area contributed by atoms with E-state index in [0.717, 1.165) is 5.56 Å². The second-order valence-electron chi connectivity index (χ2n) is 4.14. The molecule has 0 saturated heterocycles. The first-order valence-electron chi connectivity index (χ1n) is 5.92. The van der Waals surface area contributed by atoms with Gasteiger partial charge >= 0.3 is 0 Å². The molecule has 0 saturated carbocycles. The average Bonchev–Trinajstić information content (AvgIpc) is 3.20. The van der Waals surface area contributed by atoms with E-state index >= 15 is 0 Å². The molecule has 3 heterocycles. The predicted octanol–water partition coefficient (Wildman–Crippen LogP) is 2.08. The highest BCUT2D eigenvalue weighted by atomic mass is 32.1. The fourth-order valence-electron chi connectivity index (χ4n) is 1.71. The van der Waals surface area contributed by atoms with Crippen LogP contribution in [0.3, 0.4) is 0 Å². The monoisotopic (exact) mass is 302 g/mol. The number of anilines is 1. The molecule has 0 radical (unpaired) electrons. The van der Waals surface area contributed by atoms with Crippen molar-refractivity contribution in [2.45, 2.75) is 0 Å². The van der Waals surface area contributed by atoms with E-state index in [-0.39, 0.29) is 11.7 Å². The molecule has 3 rings (SSSR count). The van der Waals surface area contributed by atoms with Crippen LogP contribution in [0.2, 0.25) is 0 Å². The maximum absolute atomic E-state index is 11.8. The number of rotatable bonds is 4. The van der Waals surface area contributed by atoms with Gasteiger partial charge in [-0.15, -0.1) is 11.3 Å². The van der Waals surface area contributed by atoms with Gasteiger partial charge in [-0.25, -0.2) is 4.98 Å². The average molecular weight is 302 g/mol. The van der Waals surface area contributed by atoms with Crippen LogP contribution < -0.4 is 11.1 Å². The predicted molar refractivity (Wildman–Crippen MR) is 77.1 cm³/mol. The normalized spacial score (nSPS) is 10.5. The van der Waals surface area contributed by atoms with Crippen LogP contribution in [0.4, 0.5) is 5.13 Å². The maximum atomic E-state index is 11.8. The Morgan fingerprint density at radius 3 is 2.95 bits per heavy atom. The molecule has 21 heavy (non-hydrogen) atoms. The van der Waals surface area contributed by atoms with Gasteiger partial charge in [-0.2, -0.15) is 0 Å². The van der Waals surface area contributed by atoms with Crippen molar-refractivity contribution in [1.82, 2.24) is 9.97 Å². The van der Waals surface area contributed by atoms with Crippen LogP contribution in [0.5, 0.6) is 0 Å². The van der Waals surface area contributed by atoms with Gasteiger partial charge in [-0.05, 0) is 18.2 Å². The number of aromatic nitrogens is 2. The molecule has 0 aliphatic rings. The van der Waals surface area contributed by atoms with Crippen molar-refractivity contribution in [1.29, 1.82) is 0 Å². The van der Waals surface area contributed by atoms with E-state index in [0.29, 0.717) is 16.5 Å². The number of carbonyl (C=O) groups is 2. The summed E-state index contributed by atoms with van der Waals surface area (Å²) < 4.78 is 5.00. The van der Waals surface area contributed by atoms with Gasteiger partial charge < -0.3 is 15.1 Å². The molecule has 0 bridgehead atoms. The third kappa shape index (κ3) is 2.70. The van der Waals surface area contributed by atoms with Gasteiger partial charge in [0.15, 0.2) is 10.9 Å². The lowest BCUT2D eigenvalue weighted by molar-refractivity contribution is 0.0988. The molecule has 2 amide bonds. The Kier molecular flexibility index (Phi) is 3.28. The highest BCUT2D eigenvalue weighted by Gasteiger charge is 2.13. The molecular formula is C13H10N4O3S. The summed E-state index contributed by atoms with van der Waals surface area (Å²) >= 11 is 1.27. The zero-order chi connectivity index (χ0) is 14.8. The molecule has 7 nitrogen and oxygen atoms in total. The number of primary amides is 1. The molecule has 8 heteroatoms. The number of nitrogens with one attached hydrogen (secondary N) is 2. The van der Waals surface area contributed by atoms with Gasteiger partial charge in [0.1, 0.15) is 5.69 Å². The van der Waals surface area contributed by atoms with Gasteiger partial charge in [-0.1, -0.05) is 0 Å². The van der Waals surface area contributed by atoms with E-state index < -0.39 is 5.91 Å². The minimum atomic E-state index is -0.539. The van der Waals surface area contributed by atoms with Crippen LogP contribution in [0.1, 0.15) is 21.0 Å². The van der Waals surface area contributed by atoms with E-state index in [1.165, 1.54) is 17.6 Å². The van der Waals surface area contributed by atoms with Crippen molar-refractivity contribution in [3.63, 3.8) is 0 Å². The number of aromatic amines is 1. The number of furan rings is 1. The SMILES string of the molecule is NC(=O)c1cc(-c2csc(NC(=O)c3ccco3)n2)c[nH]1. The smallest absolute Gasteiger partial charge is 0.293 e. The number of nitrogens with two attached hydrogens (primary N) is 1. The van der Waals surface area contributed by atoms with E-state index in [1.54, 1.807) is 29.8 Å². The zero-order valence-corrected chi connectivity index (χ0v) is 11.4. The molecule has 4 N–H and O–H groups in total. The fraction of sp³-hybridized carbons (Fsp3) is 0. The Morgan fingerprint density at radius 2 is 2.29 bits per heavy atom. The Hall–Kier alpha value is -2.87. The summed E-state index contributed by atoms with van der Waals surface area (Å²) in [7, 11) is 0. The molecule has 0 fully saturated rings. The second kappa shape index (κ2) is 5.25. The van der Waals surface area contributed by atoms with E-state index in [2.05, 4.69) is 15.3 Å². The number of carbonyl (C=O) groups excluding carboxylic acids is 2. The Balaban J connectivity index is 1.76. The first kappa shape index (κ1) is 13.1. The van der Waals surface area contributed by atoms with Crippen LogP contribution in [0.15, 0.2) is 40.5 Å². The Bertz CT molecular complexity index is 788. The zero-order valence-electron chi connectivity index (χ0n) is 10.6. The van der Waals surface area contributed by atoms with Crippen LogP contribution >= 0.6 is 11.3 Å². The van der Waals surface area contributed by atoms with Crippen molar-refractivity contribution in [2.75, 3.05) is 5.32 Å². The van der Waals surface area contributed by atoms with Crippen molar-refractivity contribution in [2.24, 2.45) is 5.73 Å². The molecule has 0 aromatic carbocycles. The summed E-state index contributed by atoms with van der Waals surface area (Å²) in [5.74, 6) is -0.694. The van der Waals surface area contributed by atoms with E-state index in [4.69, 9.17) is 10.2 Å². The molecule has 0 spiro atoms. The largest absolute Gasteiger partial charge is 0.459 e. The molecule has 0 aliphatic carbocycles. The van der Waals surface area contributed by atoms with Crippen molar-refractivity contribution >= 4 is 28.3 Å².